The van der Waals surface area contributed by atoms with Gasteiger partial charge in [0.25, 0.3) is 0 Å². The molecule has 0 radical (unpaired) electrons. The minimum Gasteiger partial charge on any atom is -0.369 e. The number of sulfonamides is 1. The molecule has 3 rings (SSSR count). The Morgan fingerprint density at radius 2 is 2.00 bits per heavy atom. The maximum absolute atomic E-state index is 12.7. The van der Waals surface area contributed by atoms with Crippen molar-refractivity contribution in [2.45, 2.75) is 32.1 Å². The van der Waals surface area contributed by atoms with E-state index in [0.717, 1.165) is 5.69 Å². The molecule has 1 aromatic heterocycles. The van der Waals surface area contributed by atoms with Gasteiger partial charge >= 0.3 is 0 Å². The number of aromatic nitrogens is 2. The molecule has 0 bridgehead atoms. The molecule has 1 aliphatic heterocycles. The fraction of sp³-hybridized carbons (Fsp3) is 0.556. The van der Waals surface area contributed by atoms with Crippen molar-refractivity contribution in [1.29, 1.82) is 0 Å². The molecule has 0 saturated carbocycles. The van der Waals surface area contributed by atoms with Gasteiger partial charge in [0, 0.05) is 44.3 Å². The van der Waals surface area contributed by atoms with Gasteiger partial charge in [-0.25, -0.2) is 8.42 Å². The topological polar surface area (TPSA) is 91.6 Å². The van der Waals surface area contributed by atoms with Crippen molar-refractivity contribution in [1.82, 2.24) is 19.8 Å². The van der Waals surface area contributed by atoms with E-state index < -0.39 is 10.0 Å². The molecule has 1 saturated heterocycles. The fourth-order valence-electron chi connectivity index (χ4n) is 3.10. The van der Waals surface area contributed by atoms with Crippen LogP contribution in [0.15, 0.2) is 28.8 Å². The van der Waals surface area contributed by atoms with Crippen LogP contribution in [0.3, 0.4) is 0 Å². The van der Waals surface area contributed by atoms with E-state index in [9.17, 15) is 8.42 Å². The first-order valence-corrected chi connectivity index (χ1v) is 10.8. The first-order chi connectivity index (χ1) is 12.9. The first kappa shape index (κ1) is 19.8. The van der Waals surface area contributed by atoms with E-state index in [0.29, 0.717) is 38.4 Å². The normalized spacial score (nSPS) is 17.2. The Hall–Kier alpha value is -1.97. The van der Waals surface area contributed by atoms with Crippen LogP contribution in [0.4, 0.5) is 5.69 Å². The van der Waals surface area contributed by atoms with Crippen LogP contribution in [0.5, 0.6) is 0 Å². The lowest BCUT2D eigenvalue weighted by atomic mass is 10.2. The number of hydrogen-bond acceptors (Lipinski definition) is 7. The minimum atomic E-state index is -3.48. The summed E-state index contributed by atoms with van der Waals surface area (Å²) < 4.78 is 32.1. The van der Waals surface area contributed by atoms with Crippen molar-refractivity contribution in [3.05, 3.63) is 41.5 Å². The van der Waals surface area contributed by atoms with Crippen molar-refractivity contribution < 1.29 is 12.9 Å². The zero-order valence-corrected chi connectivity index (χ0v) is 16.9. The van der Waals surface area contributed by atoms with E-state index >= 15 is 0 Å². The van der Waals surface area contributed by atoms with Crippen molar-refractivity contribution >= 4 is 15.7 Å². The molecule has 1 N–H and O–H groups in total. The van der Waals surface area contributed by atoms with Gasteiger partial charge < -0.3 is 14.7 Å². The second kappa shape index (κ2) is 8.37. The van der Waals surface area contributed by atoms with E-state index in [1.54, 1.807) is 0 Å². The first-order valence-electron chi connectivity index (χ1n) is 9.15. The molecule has 1 unspecified atom stereocenters. The molecule has 8 nitrogen and oxygen atoms in total. The molecule has 2 heterocycles. The zero-order valence-electron chi connectivity index (χ0n) is 16.1. The highest BCUT2D eigenvalue weighted by atomic mass is 32.2. The average Bonchev–Trinajstić information content (AvgIpc) is 3.07. The fourth-order valence-corrected chi connectivity index (χ4v) is 4.44. The summed E-state index contributed by atoms with van der Waals surface area (Å²) >= 11 is 0. The molecule has 1 aliphatic rings. The predicted molar refractivity (Wildman–Crippen MR) is 104 cm³/mol. The molecule has 0 aliphatic carbocycles. The van der Waals surface area contributed by atoms with Crippen LogP contribution >= 0.6 is 0 Å². The van der Waals surface area contributed by atoms with Crippen LogP contribution < -0.4 is 10.2 Å². The van der Waals surface area contributed by atoms with Gasteiger partial charge in [-0.15, -0.1) is 0 Å². The number of nitrogens with one attached hydrogen (secondary N) is 1. The quantitative estimate of drug-likeness (QED) is 0.755. The summed E-state index contributed by atoms with van der Waals surface area (Å²) in [7, 11) is -1.62. The Kier molecular flexibility index (Phi) is 6.13. The van der Waals surface area contributed by atoms with Crippen LogP contribution in [0.1, 0.15) is 24.2 Å². The van der Waals surface area contributed by atoms with E-state index in [1.165, 1.54) is 9.87 Å². The molecule has 148 valence electrons. The number of nitrogens with zero attached hydrogens (tertiary/aromatic N) is 4. The Morgan fingerprint density at radius 1 is 1.26 bits per heavy atom. The van der Waals surface area contributed by atoms with Gasteiger partial charge in [-0.2, -0.15) is 9.29 Å². The zero-order chi connectivity index (χ0) is 19.4. The third-order valence-corrected chi connectivity index (χ3v) is 6.56. The summed E-state index contributed by atoms with van der Waals surface area (Å²) in [6.07, 6.45) is 0.592. The Morgan fingerprint density at radius 3 is 2.67 bits per heavy atom. The molecule has 9 heteroatoms. The number of hydrogen-bond donors (Lipinski definition) is 1. The van der Waals surface area contributed by atoms with Crippen LogP contribution in [-0.2, 0) is 22.2 Å². The van der Waals surface area contributed by atoms with Gasteiger partial charge in [0.05, 0.1) is 0 Å². The lowest BCUT2D eigenvalue weighted by Gasteiger charge is -2.35. The third-order valence-electron chi connectivity index (χ3n) is 4.80. The summed E-state index contributed by atoms with van der Waals surface area (Å²) in [6, 6.07) is 8.46. The average molecular weight is 394 g/mol. The Bertz CT molecular complexity index is 859. The summed E-state index contributed by atoms with van der Waals surface area (Å²) in [6.45, 7) is 6.29. The van der Waals surface area contributed by atoms with Gasteiger partial charge in [-0.05, 0) is 38.6 Å². The largest absolute Gasteiger partial charge is 0.369 e. The predicted octanol–water partition coefficient (Wildman–Crippen LogP) is 1.18. The lowest BCUT2D eigenvalue weighted by Crippen LogP contribution is -2.49. The smallest absolute Gasteiger partial charge is 0.243 e. The van der Waals surface area contributed by atoms with Crippen molar-refractivity contribution in [2.75, 3.05) is 38.1 Å². The van der Waals surface area contributed by atoms with E-state index in [2.05, 4.69) is 45.5 Å². The SMILES string of the molecule is CNC(C)Cc1noc(CS(=O)(=O)N2CCN(c3cccc(C)c3)CC2)n1. The maximum atomic E-state index is 12.7. The highest BCUT2D eigenvalue weighted by Gasteiger charge is 2.29. The van der Waals surface area contributed by atoms with E-state index in [1.807, 2.05) is 20.0 Å². The van der Waals surface area contributed by atoms with Gasteiger partial charge in [0.15, 0.2) is 5.82 Å². The second-order valence-corrected chi connectivity index (χ2v) is 8.95. The molecule has 0 spiro atoms. The van der Waals surface area contributed by atoms with Crippen molar-refractivity contribution in [3.8, 4) is 0 Å². The Labute approximate surface area is 160 Å². The minimum absolute atomic E-state index is 0.148. The number of rotatable bonds is 7. The molecule has 27 heavy (non-hydrogen) atoms. The summed E-state index contributed by atoms with van der Waals surface area (Å²) in [5.41, 5.74) is 2.33. The number of benzene rings is 1. The van der Waals surface area contributed by atoms with Crippen LogP contribution in [0.25, 0.3) is 0 Å². The molecular formula is C18H27N5O3S. The van der Waals surface area contributed by atoms with Crippen molar-refractivity contribution in [3.63, 3.8) is 0 Å². The molecular weight excluding hydrogens is 366 g/mol. The second-order valence-electron chi connectivity index (χ2n) is 6.98. The highest BCUT2D eigenvalue weighted by Crippen LogP contribution is 2.20. The molecule has 1 fully saturated rings. The highest BCUT2D eigenvalue weighted by molar-refractivity contribution is 7.88. The lowest BCUT2D eigenvalue weighted by molar-refractivity contribution is 0.363. The van der Waals surface area contributed by atoms with E-state index in [4.69, 9.17) is 4.52 Å². The van der Waals surface area contributed by atoms with Crippen molar-refractivity contribution in [2.24, 2.45) is 0 Å². The van der Waals surface area contributed by atoms with Crippen LogP contribution in [-0.4, -0.2) is 62.1 Å². The number of anilines is 1. The number of piperazine rings is 1. The third kappa shape index (κ3) is 5.06. The number of aryl methyl sites for hydroxylation is 1. The Balaban J connectivity index is 1.58. The molecule has 1 aromatic carbocycles. The summed E-state index contributed by atoms with van der Waals surface area (Å²) in [5.74, 6) is 0.416. The van der Waals surface area contributed by atoms with Gasteiger partial charge in [0.1, 0.15) is 5.75 Å². The molecule has 2 aromatic rings. The summed E-state index contributed by atoms with van der Waals surface area (Å²) in [4.78, 5) is 6.43. The number of likely N-dealkylation sites (N-methyl/N-ethyl adjacent to an activating group) is 1. The van der Waals surface area contributed by atoms with Crippen LogP contribution in [0, 0.1) is 6.92 Å². The van der Waals surface area contributed by atoms with Crippen LogP contribution in [0.2, 0.25) is 0 Å². The maximum Gasteiger partial charge on any atom is 0.243 e. The van der Waals surface area contributed by atoms with Gasteiger partial charge in [-0.3, -0.25) is 0 Å². The monoisotopic (exact) mass is 393 g/mol. The van der Waals surface area contributed by atoms with Gasteiger partial charge in [-0.1, -0.05) is 17.3 Å². The van der Waals surface area contributed by atoms with E-state index in [-0.39, 0.29) is 17.7 Å². The van der Waals surface area contributed by atoms with Gasteiger partial charge in [0.2, 0.25) is 15.9 Å². The standard InChI is InChI=1S/C18H27N5O3S/c1-14-5-4-6-16(11-14)22-7-9-23(10-8-22)27(24,25)13-18-20-17(21-26-18)12-15(2)19-3/h4-6,11,15,19H,7-10,12-13H2,1-3H3. The molecule has 0 amide bonds. The summed E-state index contributed by atoms with van der Waals surface area (Å²) in [5, 5.41) is 6.97. The molecule has 1 atom stereocenters.